The Morgan fingerprint density at radius 2 is 1.76 bits per heavy atom. The SMILES string of the molecule is CCO[C@@H](CC/C=C/C(=O)O)[C@@H](OC(=O)Nc1ccc(Br)cc1)c1ccc(O)c2ccccc12. The zero-order valence-corrected chi connectivity index (χ0v) is 20.2. The van der Waals surface area contributed by atoms with Gasteiger partial charge in [-0.1, -0.05) is 52.3 Å². The normalized spacial score (nSPS) is 13.0. The smallest absolute Gasteiger partial charge is 0.412 e. The predicted octanol–water partition coefficient (Wildman–Crippen LogP) is 6.42. The zero-order chi connectivity index (χ0) is 24.5. The number of aromatic hydroxyl groups is 1. The largest absolute Gasteiger partial charge is 0.507 e. The van der Waals surface area contributed by atoms with E-state index < -0.39 is 24.3 Å². The maximum absolute atomic E-state index is 12.9. The molecule has 3 rings (SSSR count). The predicted molar refractivity (Wildman–Crippen MR) is 134 cm³/mol. The van der Waals surface area contributed by atoms with Crippen LogP contribution in [0.25, 0.3) is 10.8 Å². The molecular weight excluding hydrogens is 502 g/mol. The Bertz CT molecular complexity index is 1160. The van der Waals surface area contributed by atoms with Crippen LogP contribution in [-0.4, -0.2) is 35.0 Å². The van der Waals surface area contributed by atoms with E-state index in [0.29, 0.717) is 36.1 Å². The molecule has 0 saturated heterocycles. The fourth-order valence-electron chi connectivity index (χ4n) is 3.67. The molecule has 1 amide bonds. The van der Waals surface area contributed by atoms with Crippen molar-refractivity contribution in [3.05, 3.63) is 82.9 Å². The molecule has 0 heterocycles. The van der Waals surface area contributed by atoms with Crippen molar-refractivity contribution in [2.45, 2.75) is 32.0 Å². The number of nitrogens with one attached hydrogen (secondary N) is 1. The number of fused-ring (bicyclic) bond motifs is 1. The molecule has 34 heavy (non-hydrogen) atoms. The van der Waals surface area contributed by atoms with Gasteiger partial charge in [-0.3, -0.25) is 5.32 Å². The second-order valence-corrected chi connectivity index (χ2v) is 8.40. The van der Waals surface area contributed by atoms with E-state index in [2.05, 4.69) is 21.2 Å². The van der Waals surface area contributed by atoms with Crippen LogP contribution < -0.4 is 5.32 Å². The number of anilines is 1. The third kappa shape index (κ3) is 6.82. The number of carboxylic acid groups (broad SMARTS) is 1. The molecule has 0 saturated carbocycles. The van der Waals surface area contributed by atoms with Crippen LogP contribution in [-0.2, 0) is 14.3 Å². The van der Waals surface area contributed by atoms with E-state index in [0.717, 1.165) is 15.9 Å². The first-order valence-electron chi connectivity index (χ1n) is 10.8. The minimum atomic E-state index is -1.03. The maximum atomic E-state index is 12.9. The highest BCUT2D eigenvalue weighted by Crippen LogP contribution is 2.36. The number of amides is 1. The van der Waals surface area contributed by atoms with Crippen molar-refractivity contribution >= 4 is 44.5 Å². The van der Waals surface area contributed by atoms with Crippen molar-refractivity contribution in [2.75, 3.05) is 11.9 Å². The number of carbonyl (C=O) groups is 2. The Kier molecular flexibility index (Phi) is 9.07. The molecule has 3 N–H and O–H groups in total. The molecular formula is C26H26BrNO6. The Morgan fingerprint density at radius 1 is 1.06 bits per heavy atom. The number of hydrogen-bond donors (Lipinski definition) is 3. The summed E-state index contributed by atoms with van der Waals surface area (Å²) in [7, 11) is 0. The fourth-order valence-corrected chi connectivity index (χ4v) is 3.94. The van der Waals surface area contributed by atoms with Crippen molar-refractivity contribution < 1.29 is 29.3 Å². The van der Waals surface area contributed by atoms with Crippen molar-refractivity contribution in [1.82, 2.24) is 0 Å². The van der Waals surface area contributed by atoms with Gasteiger partial charge in [0.05, 0.1) is 6.10 Å². The molecule has 0 aliphatic carbocycles. The van der Waals surface area contributed by atoms with Crippen molar-refractivity contribution in [3.8, 4) is 5.75 Å². The molecule has 0 aliphatic rings. The molecule has 178 valence electrons. The van der Waals surface area contributed by atoms with Crippen LogP contribution in [0.5, 0.6) is 5.75 Å². The van der Waals surface area contributed by atoms with Crippen LogP contribution in [0.15, 0.2) is 77.3 Å². The maximum Gasteiger partial charge on any atom is 0.412 e. The van der Waals surface area contributed by atoms with E-state index in [9.17, 15) is 14.7 Å². The van der Waals surface area contributed by atoms with Crippen LogP contribution in [0.3, 0.4) is 0 Å². The topological polar surface area (TPSA) is 105 Å². The summed E-state index contributed by atoms with van der Waals surface area (Å²) in [5, 5.41) is 23.3. The highest BCUT2D eigenvalue weighted by molar-refractivity contribution is 9.10. The van der Waals surface area contributed by atoms with E-state index in [4.69, 9.17) is 14.6 Å². The van der Waals surface area contributed by atoms with Gasteiger partial charge in [0.15, 0.2) is 6.10 Å². The molecule has 2 atom stereocenters. The summed E-state index contributed by atoms with van der Waals surface area (Å²) in [5.74, 6) is -0.908. The summed E-state index contributed by atoms with van der Waals surface area (Å²) in [5.41, 5.74) is 1.25. The number of benzene rings is 3. The molecule has 0 bridgehead atoms. The van der Waals surface area contributed by atoms with Crippen molar-refractivity contribution in [2.24, 2.45) is 0 Å². The Balaban J connectivity index is 1.94. The standard InChI is InChI=1S/C26H26BrNO6/c1-2-33-23(9-5-6-10-24(30)31)25(34-26(32)28-18-13-11-17(27)12-14-18)21-15-16-22(29)20-8-4-3-7-19(20)21/h3-4,6-8,10-16,23,25,29H,2,5,9H2,1H3,(H,28,32)(H,30,31)/b10-6+/t23-,25-/m0/s1. The van der Waals surface area contributed by atoms with Crippen LogP contribution in [0.2, 0.25) is 0 Å². The number of halogens is 1. The summed E-state index contributed by atoms with van der Waals surface area (Å²) < 4.78 is 12.7. The van der Waals surface area contributed by atoms with Gasteiger partial charge in [0.2, 0.25) is 0 Å². The summed E-state index contributed by atoms with van der Waals surface area (Å²) in [6.07, 6.45) is 1.45. The van der Waals surface area contributed by atoms with E-state index >= 15 is 0 Å². The van der Waals surface area contributed by atoms with E-state index in [1.165, 1.54) is 0 Å². The average Bonchev–Trinajstić information content (AvgIpc) is 2.82. The van der Waals surface area contributed by atoms with E-state index in [-0.39, 0.29) is 5.75 Å². The van der Waals surface area contributed by atoms with Crippen molar-refractivity contribution in [1.29, 1.82) is 0 Å². The number of aliphatic carboxylic acids is 1. The van der Waals surface area contributed by atoms with Crippen LogP contribution in [0, 0.1) is 0 Å². The minimum Gasteiger partial charge on any atom is -0.507 e. The Morgan fingerprint density at radius 3 is 2.44 bits per heavy atom. The molecule has 8 heteroatoms. The summed E-state index contributed by atoms with van der Waals surface area (Å²) in [4.78, 5) is 23.7. The van der Waals surface area contributed by atoms with Crippen LogP contribution >= 0.6 is 15.9 Å². The number of hydrogen-bond acceptors (Lipinski definition) is 5. The Labute approximate surface area is 206 Å². The summed E-state index contributed by atoms with van der Waals surface area (Å²) in [6, 6.07) is 17.7. The van der Waals surface area contributed by atoms with Gasteiger partial charge in [-0.25, -0.2) is 9.59 Å². The highest BCUT2D eigenvalue weighted by Gasteiger charge is 2.29. The molecule has 3 aromatic carbocycles. The van der Waals surface area contributed by atoms with Crippen LogP contribution in [0.4, 0.5) is 10.5 Å². The number of ether oxygens (including phenoxy) is 2. The second kappa shape index (κ2) is 12.2. The molecule has 0 fully saturated rings. The van der Waals surface area contributed by atoms with Crippen molar-refractivity contribution in [3.63, 3.8) is 0 Å². The molecule has 0 aliphatic heterocycles. The van der Waals surface area contributed by atoms with Gasteiger partial charge in [-0.2, -0.15) is 0 Å². The first-order valence-corrected chi connectivity index (χ1v) is 11.6. The second-order valence-electron chi connectivity index (χ2n) is 7.49. The molecule has 0 aromatic heterocycles. The highest BCUT2D eigenvalue weighted by atomic mass is 79.9. The lowest BCUT2D eigenvalue weighted by molar-refractivity contribution is -0.131. The number of carboxylic acids is 1. The van der Waals surface area contributed by atoms with Crippen LogP contribution in [0.1, 0.15) is 31.4 Å². The van der Waals surface area contributed by atoms with Gasteiger partial charge in [0.25, 0.3) is 0 Å². The first kappa shape index (κ1) is 25.3. The third-order valence-electron chi connectivity index (χ3n) is 5.16. The summed E-state index contributed by atoms with van der Waals surface area (Å²) in [6.45, 7) is 2.21. The number of allylic oxidation sites excluding steroid dienone is 1. The zero-order valence-electron chi connectivity index (χ0n) is 18.6. The van der Waals surface area contributed by atoms with Gasteiger partial charge in [-0.15, -0.1) is 0 Å². The number of rotatable bonds is 10. The first-order chi connectivity index (χ1) is 16.4. The van der Waals surface area contributed by atoms with E-state index in [1.807, 2.05) is 25.1 Å². The lowest BCUT2D eigenvalue weighted by atomic mass is 9.94. The molecule has 0 unspecified atom stereocenters. The number of carbonyl (C=O) groups excluding carboxylic acids is 1. The molecule has 0 radical (unpaired) electrons. The van der Waals surface area contributed by atoms with Gasteiger partial charge in [0.1, 0.15) is 5.75 Å². The number of phenolic OH excluding ortho intramolecular Hbond substituents is 1. The lowest BCUT2D eigenvalue weighted by Gasteiger charge is -2.28. The minimum absolute atomic E-state index is 0.120. The summed E-state index contributed by atoms with van der Waals surface area (Å²) >= 11 is 3.36. The van der Waals surface area contributed by atoms with E-state index in [1.54, 1.807) is 48.5 Å². The quantitative estimate of drug-likeness (QED) is 0.262. The third-order valence-corrected chi connectivity index (χ3v) is 5.69. The monoisotopic (exact) mass is 527 g/mol. The molecule has 7 nitrogen and oxygen atoms in total. The van der Waals surface area contributed by atoms with Gasteiger partial charge >= 0.3 is 12.1 Å². The fraction of sp³-hybridized carbons (Fsp3) is 0.231. The average molecular weight is 528 g/mol. The van der Waals surface area contributed by atoms with Gasteiger partial charge < -0.3 is 19.7 Å². The van der Waals surface area contributed by atoms with Gasteiger partial charge in [-0.05, 0) is 55.5 Å². The molecule has 0 spiro atoms. The van der Waals surface area contributed by atoms with Gasteiger partial charge in [0, 0.05) is 33.8 Å². The lowest BCUT2D eigenvalue weighted by Crippen LogP contribution is -2.29. The number of phenols is 1. The Hall–Kier alpha value is -3.36. The molecule has 3 aromatic rings.